The SMILES string of the molecule is CN1C(=O)[C@@H]2Cc3c([nH]c4ccccc34)[C@H](c3cccc(F)c3)N2C1=S. The number of aromatic amines is 1. The molecule has 1 N–H and O–H groups in total. The molecule has 1 amide bonds. The summed E-state index contributed by atoms with van der Waals surface area (Å²) >= 11 is 5.56. The van der Waals surface area contributed by atoms with Crippen LogP contribution in [0.1, 0.15) is 22.9 Å². The van der Waals surface area contributed by atoms with Crippen LogP contribution in [0.25, 0.3) is 10.9 Å². The second-order valence-corrected chi connectivity index (χ2v) is 7.19. The predicted molar refractivity (Wildman–Crippen MR) is 101 cm³/mol. The number of H-pyrrole nitrogens is 1. The first-order chi connectivity index (χ1) is 12.6. The molecule has 1 fully saturated rings. The van der Waals surface area contributed by atoms with Gasteiger partial charge in [0.1, 0.15) is 11.9 Å². The second-order valence-electron chi connectivity index (χ2n) is 6.83. The molecule has 1 saturated heterocycles. The molecular weight excluding hydrogens is 349 g/mol. The summed E-state index contributed by atoms with van der Waals surface area (Å²) in [5.41, 5.74) is 3.90. The van der Waals surface area contributed by atoms with E-state index in [0.717, 1.165) is 27.7 Å². The minimum absolute atomic E-state index is 0.00710. The highest BCUT2D eigenvalue weighted by molar-refractivity contribution is 7.80. The summed E-state index contributed by atoms with van der Waals surface area (Å²) in [6, 6.07) is 13.9. The van der Waals surface area contributed by atoms with Crippen molar-refractivity contribution in [2.24, 2.45) is 0 Å². The van der Waals surface area contributed by atoms with Gasteiger partial charge in [0.2, 0.25) is 0 Å². The van der Waals surface area contributed by atoms with Crippen LogP contribution < -0.4 is 0 Å². The van der Waals surface area contributed by atoms with Crippen molar-refractivity contribution >= 4 is 34.1 Å². The summed E-state index contributed by atoms with van der Waals surface area (Å²) < 4.78 is 14.0. The van der Waals surface area contributed by atoms with Crippen molar-refractivity contribution in [1.82, 2.24) is 14.8 Å². The Bertz CT molecular complexity index is 1080. The summed E-state index contributed by atoms with van der Waals surface area (Å²) in [6.07, 6.45) is 0.592. The summed E-state index contributed by atoms with van der Waals surface area (Å²) in [6.45, 7) is 0. The summed E-state index contributed by atoms with van der Waals surface area (Å²) in [4.78, 5) is 19.7. The minimum Gasteiger partial charge on any atom is -0.356 e. The van der Waals surface area contributed by atoms with Crippen LogP contribution in [0.15, 0.2) is 48.5 Å². The number of nitrogens with zero attached hydrogens (tertiary/aromatic N) is 2. The zero-order valence-electron chi connectivity index (χ0n) is 14.1. The molecule has 2 aliphatic heterocycles. The molecule has 3 heterocycles. The number of benzene rings is 2. The molecule has 2 aliphatic rings. The second kappa shape index (κ2) is 5.38. The van der Waals surface area contributed by atoms with Gasteiger partial charge in [-0.05, 0) is 41.5 Å². The van der Waals surface area contributed by atoms with Crippen LogP contribution in [-0.2, 0) is 11.2 Å². The Morgan fingerprint density at radius 3 is 2.81 bits per heavy atom. The van der Waals surface area contributed by atoms with E-state index < -0.39 is 0 Å². The van der Waals surface area contributed by atoms with Crippen LogP contribution in [0, 0.1) is 5.82 Å². The van der Waals surface area contributed by atoms with Gasteiger partial charge in [-0.1, -0.05) is 30.3 Å². The van der Waals surface area contributed by atoms with Crippen LogP contribution >= 0.6 is 12.2 Å². The first kappa shape index (κ1) is 15.5. The summed E-state index contributed by atoms with van der Waals surface area (Å²) in [7, 11) is 1.71. The van der Waals surface area contributed by atoms with E-state index in [1.165, 1.54) is 17.0 Å². The molecule has 130 valence electrons. The van der Waals surface area contributed by atoms with Crippen LogP contribution in [-0.4, -0.2) is 38.9 Å². The lowest BCUT2D eigenvalue weighted by atomic mass is 9.89. The zero-order chi connectivity index (χ0) is 18.0. The van der Waals surface area contributed by atoms with Gasteiger partial charge in [-0.2, -0.15) is 0 Å². The quantitative estimate of drug-likeness (QED) is 0.672. The van der Waals surface area contributed by atoms with E-state index in [2.05, 4.69) is 11.1 Å². The molecule has 0 aliphatic carbocycles. The molecule has 3 aromatic rings. The fraction of sp³-hybridized carbons (Fsp3) is 0.200. The van der Waals surface area contributed by atoms with E-state index in [4.69, 9.17) is 12.2 Å². The lowest BCUT2D eigenvalue weighted by Crippen LogP contribution is -2.44. The molecule has 4 nitrogen and oxygen atoms in total. The molecule has 2 atom stereocenters. The average Bonchev–Trinajstić information content (AvgIpc) is 3.12. The van der Waals surface area contributed by atoms with Gasteiger partial charge >= 0.3 is 0 Å². The number of hydrogen-bond acceptors (Lipinski definition) is 2. The van der Waals surface area contributed by atoms with Crippen molar-refractivity contribution in [3.8, 4) is 0 Å². The number of rotatable bonds is 1. The van der Waals surface area contributed by atoms with Gasteiger partial charge in [0, 0.05) is 30.1 Å². The van der Waals surface area contributed by atoms with Crippen LogP contribution in [0.4, 0.5) is 4.39 Å². The molecule has 0 bridgehead atoms. The van der Waals surface area contributed by atoms with Gasteiger partial charge in [-0.3, -0.25) is 9.69 Å². The molecule has 0 saturated carbocycles. The third-order valence-corrected chi connectivity index (χ3v) is 5.90. The maximum Gasteiger partial charge on any atom is 0.251 e. The number of nitrogens with one attached hydrogen (secondary N) is 1. The van der Waals surface area contributed by atoms with Crippen molar-refractivity contribution < 1.29 is 9.18 Å². The van der Waals surface area contributed by atoms with Crippen molar-refractivity contribution in [3.05, 3.63) is 71.2 Å². The van der Waals surface area contributed by atoms with Gasteiger partial charge in [0.15, 0.2) is 5.11 Å². The van der Waals surface area contributed by atoms with Gasteiger partial charge < -0.3 is 9.88 Å². The summed E-state index contributed by atoms with van der Waals surface area (Å²) in [5.74, 6) is -0.306. The molecular formula is C20H16FN3OS. The highest BCUT2D eigenvalue weighted by Gasteiger charge is 2.49. The maximum atomic E-state index is 14.0. The van der Waals surface area contributed by atoms with Crippen molar-refractivity contribution in [2.75, 3.05) is 7.05 Å². The van der Waals surface area contributed by atoms with Crippen molar-refractivity contribution in [2.45, 2.75) is 18.5 Å². The lowest BCUT2D eigenvalue weighted by molar-refractivity contribution is -0.127. The Kier molecular flexibility index (Phi) is 3.21. The molecule has 0 unspecified atom stereocenters. The first-order valence-corrected chi connectivity index (χ1v) is 8.92. The maximum absolute atomic E-state index is 14.0. The van der Waals surface area contributed by atoms with Crippen LogP contribution in [0.2, 0.25) is 0 Å². The third kappa shape index (κ3) is 1.99. The highest BCUT2D eigenvalue weighted by atomic mass is 32.1. The molecule has 0 spiro atoms. The normalized spacial score (nSPS) is 22.1. The standard InChI is InChI=1S/C20H16FN3OS/c1-23-19(25)16-10-14-13-7-2-3-8-15(13)22-17(14)18(24(16)20(23)26)11-5-4-6-12(21)9-11/h2-9,16,18,22H,10H2,1H3/t16-,18-/m0/s1. The Hall–Kier alpha value is -2.73. The van der Waals surface area contributed by atoms with Crippen LogP contribution in [0.5, 0.6) is 0 Å². The Morgan fingerprint density at radius 2 is 2.00 bits per heavy atom. The smallest absolute Gasteiger partial charge is 0.251 e. The van der Waals surface area contributed by atoms with E-state index in [9.17, 15) is 9.18 Å². The van der Waals surface area contributed by atoms with Crippen LogP contribution in [0.3, 0.4) is 0 Å². The monoisotopic (exact) mass is 365 g/mol. The molecule has 26 heavy (non-hydrogen) atoms. The largest absolute Gasteiger partial charge is 0.356 e. The van der Waals surface area contributed by atoms with E-state index in [1.807, 2.05) is 29.2 Å². The van der Waals surface area contributed by atoms with E-state index in [1.54, 1.807) is 13.1 Å². The average molecular weight is 365 g/mol. The number of amides is 1. The predicted octanol–water partition coefficient (Wildman–Crippen LogP) is 3.38. The van der Waals surface area contributed by atoms with Gasteiger partial charge in [-0.25, -0.2) is 4.39 Å². The minimum atomic E-state index is -0.354. The number of aromatic nitrogens is 1. The number of fused-ring (bicyclic) bond motifs is 4. The molecule has 6 heteroatoms. The Labute approximate surface area is 155 Å². The number of carbonyl (C=O) groups is 1. The Morgan fingerprint density at radius 1 is 1.19 bits per heavy atom. The number of para-hydroxylation sites is 1. The van der Waals surface area contributed by atoms with Crippen molar-refractivity contribution in [1.29, 1.82) is 0 Å². The number of halogens is 1. The fourth-order valence-corrected chi connectivity index (χ4v) is 4.55. The third-order valence-electron chi connectivity index (χ3n) is 5.42. The van der Waals surface area contributed by atoms with E-state index in [0.29, 0.717) is 11.5 Å². The molecule has 0 radical (unpaired) electrons. The van der Waals surface area contributed by atoms with E-state index >= 15 is 0 Å². The summed E-state index contributed by atoms with van der Waals surface area (Å²) in [5, 5.41) is 1.59. The zero-order valence-corrected chi connectivity index (χ0v) is 14.9. The van der Waals surface area contributed by atoms with Gasteiger partial charge in [0.25, 0.3) is 5.91 Å². The number of hydrogen-bond donors (Lipinski definition) is 1. The lowest BCUT2D eigenvalue weighted by Gasteiger charge is -2.37. The number of carbonyl (C=O) groups excluding carboxylic acids is 1. The van der Waals surface area contributed by atoms with Crippen molar-refractivity contribution in [3.63, 3.8) is 0 Å². The number of thiocarbonyl (C=S) groups is 1. The highest BCUT2D eigenvalue weighted by Crippen LogP contribution is 2.43. The first-order valence-electron chi connectivity index (χ1n) is 8.51. The molecule has 2 aromatic carbocycles. The van der Waals surface area contributed by atoms with E-state index in [-0.39, 0.29) is 23.8 Å². The number of likely N-dealkylation sites (N-methyl/N-ethyl adjacent to an activating group) is 1. The topological polar surface area (TPSA) is 39.3 Å². The Balaban J connectivity index is 1.79. The molecule has 5 rings (SSSR count). The molecule has 1 aromatic heterocycles. The fourth-order valence-electron chi connectivity index (χ4n) is 4.23. The van der Waals surface area contributed by atoms with Gasteiger partial charge in [0.05, 0.1) is 6.04 Å². The van der Waals surface area contributed by atoms with Gasteiger partial charge in [-0.15, -0.1) is 0 Å².